The Kier molecular flexibility index (Phi) is 3.91. The number of hydrazine groups is 1. The first-order valence-electron chi connectivity index (χ1n) is 4.88. The summed E-state index contributed by atoms with van der Waals surface area (Å²) in [6.07, 6.45) is 2.00. The molecule has 2 nitrogen and oxygen atoms in total. The molecule has 80 valence electrons. The van der Waals surface area contributed by atoms with E-state index in [1.54, 1.807) is 22.7 Å². The van der Waals surface area contributed by atoms with Crippen LogP contribution in [0, 0.1) is 0 Å². The van der Waals surface area contributed by atoms with E-state index in [9.17, 15) is 0 Å². The molecule has 1 atom stereocenters. The largest absolute Gasteiger partial charge is 0.271 e. The molecule has 2 aromatic rings. The molecule has 0 radical (unpaired) electrons. The van der Waals surface area contributed by atoms with Gasteiger partial charge in [-0.25, -0.2) is 0 Å². The molecular weight excluding hydrogens is 224 g/mol. The number of nitrogens with two attached hydrogens (primary N) is 1. The molecule has 0 aliphatic heterocycles. The van der Waals surface area contributed by atoms with Crippen molar-refractivity contribution in [3.05, 3.63) is 44.8 Å². The van der Waals surface area contributed by atoms with E-state index in [1.807, 2.05) is 0 Å². The minimum Gasteiger partial charge on any atom is -0.271 e. The van der Waals surface area contributed by atoms with Crippen LogP contribution in [0.5, 0.6) is 0 Å². The van der Waals surface area contributed by atoms with Crippen LogP contribution in [0.2, 0.25) is 0 Å². The van der Waals surface area contributed by atoms with Gasteiger partial charge in [0.05, 0.1) is 0 Å². The number of thiophene rings is 2. The smallest absolute Gasteiger partial charge is 0.0299 e. The Morgan fingerprint density at radius 2 is 2.20 bits per heavy atom. The quantitative estimate of drug-likeness (QED) is 0.620. The third kappa shape index (κ3) is 3.14. The molecule has 0 amide bonds. The third-order valence-corrected chi connectivity index (χ3v) is 3.96. The fourth-order valence-corrected chi connectivity index (χ4v) is 3.02. The van der Waals surface area contributed by atoms with Gasteiger partial charge in [0.2, 0.25) is 0 Å². The Bertz CT molecular complexity index is 331. The van der Waals surface area contributed by atoms with Crippen molar-refractivity contribution < 1.29 is 0 Å². The van der Waals surface area contributed by atoms with E-state index in [2.05, 4.69) is 39.8 Å². The van der Waals surface area contributed by atoms with Crippen LogP contribution in [0.15, 0.2) is 34.3 Å². The van der Waals surface area contributed by atoms with E-state index in [0.29, 0.717) is 6.04 Å². The fourth-order valence-electron chi connectivity index (χ4n) is 1.55. The average molecular weight is 238 g/mol. The van der Waals surface area contributed by atoms with E-state index in [4.69, 9.17) is 5.84 Å². The Labute approximate surface area is 97.7 Å². The van der Waals surface area contributed by atoms with Crippen LogP contribution in [0.4, 0.5) is 0 Å². The van der Waals surface area contributed by atoms with Crippen molar-refractivity contribution in [2.75, 3.05) is 0 Å². The van der Waals surface area contributed by atoms with E-state index in [-0.39, 0.29) is 0 Å². The SMILES string of the molecule is NNC(Cc1ccsc1)Cc1cccs1. The van der Waals surface area contributed by atoms with Crippen molar-refractivity contribution in [3.8, 4) is 0 Å². The first-order chi connectivity index (χ1) is 7.38. The Hall–Kier alpha value is -0.680. The minimum absolute atomic E-state index is 0.332. The maximum Gasteiger partial charge on any atom is 0.0299 e. The lowest BCUT2D eigenvalue weighted by Gasteiger charge is -2.13. The first kappa shape index (κ1) is 10.8. The maximum atomic E-state index is 5.56. The molecular formula is C11H14N2S2. The van der Waals surface area contributed by atoms with E-state index in [0.717, 1.165) is 12.8 Å². The van der Waals surface area contributed by atoms with Gasteiger partial charge in [0.1, 0.15) is 0 Å². The van der Waals surface area contributed by atoms with Gasteiger partial charge in [0.15, 0.2) is 0 Å². The molecule has 0 fully saturated rings. The summed E-state index contributed by atoms with van der Waals surface area (Å²) in [6, 6.07) is 6.72. The predicted molar refractivity (Wildman–Crippen MR) is 67.2 cm³/mol. The van der Waals surface area contributed by atoms with Crippen molar-refractivity contribution in [3.63, 3.8) is 0 Å². The molecule has 0 aliphatic rings. The van der Waals surface area contributed by atoms with Crippen molar-refractivity contribution in [2.45, 2.75) is 18.9 Å². The van der Waals surface area contributed by atoms with Gasteiger partial charge in [-0.05, 0) is 46.7 Å². The molecule has 3 N–H and O–H groups in total. The van der Waals surface area contributed by atoms with Crippen LogP contribution < -0.4 is 11.3 Å². The molecule has 4 heteroatoms. The van der Waals surface area contributed by atoms with Crippen LogP contribution in [0.25, 0.3) is 0 Å². The van der Waals surface area contributed by atoms with Gasteiger partial charge in [-0.15, -0.1) is 11.3 Å². The molecule has 2 rings (SSSR count). The summed E-state index contributed by atoms with van der Waals surface area (Å²) < 4.78 is 0. The van der Waals surface area contributed by atoms with Crippen LogP contribution in [-0.4, -0.2) is 6.04 Å². The predicted octanol–water partition coefficient (Wildman–Crippen LogP) is 2.43. The van der Waals surface area contributed by atoms with E-state index < -0.39 is 0 Å². The van der Waals surface area contributed by atoms with Gasteiger partial charge >= 0.3 is 0 Å². The zero-order valence-corrected chi connectivity index (χ0v) is 9.98. The van der Waals surface area contributed by atoms with Crippen LogP contribution in [0.1, 0.15) is 10.4 Å². The first-order valence-corrected chi connectivity index (χ1v) is 6.70. The van der Waals surface area contributed by atoms with Crippen molar-refractivity contribution in [1.29, 1.82) is 0 Å². The second-order valence-electron chi connectivity index (χ2n) is 3.48. The average Bonchev–Trinajstić information content (AvgIpc) is 2.89. The Morgan fingerprint density at radius 1 is 1.27 bits per heavy atom. The van der Waals surface area contributed by atoms with E-state index in [1.165, 1.54) is 10.4 Å². The lowest BCUT2D eigenvalue weighted by molar-refractivity contribution is 0.526. The Morgan fingerprint density at radius 3 is 2.80 bits per heavy atom. The highest BCUT2D eigenvalue weighted by atomic mass is 32.1. The zero-order chi connectivity index (χ0) is 10.5. The summed E-state index contributed by atoms with van der Waals surface area (Å²) in [5.41, 5.74) is 4.25. The van der Waals surface area contributed by atoms with Gasteiger partial charge in [0.25, 0.3) is 0 Å². The van der Waals surface area contributed by atoms with Crippen LogP contribution >= 0.6 is 22.7 Å². The summed E-state index contributed by atoms with van der Waals surface area (Å²) >= 11 is 3.52. The molecule has 0 aliphatic carbocycles. The lowest BCUT2D eigenvalue weighted by Crippen LogP contribution is -2.38. The molecule has 1 unspecified atom stereocenters. The summed E-state index contributed by atoms with van der Waals surface area (Å²) in [5.74, 6) is 5.56. The normalized spacial score (nSPS) is 12.9. The monoisotopic (exact) mass is 238 g/mol. The molecule has 2 heterocycles. The number of nitrogens with one attached hydrogen (secondary N) is 1. The summed E-state index contributed by atoms with van der Waals surface area (Å²) in [4.78, 5) is 1.38. The molecule has 15 heavy (non-hydrogen) atoms. The van der Waals surface area contributed by atoms with Crippen molar-refractivity contribution in [2.24, 2.45) is 5.84 Å². The number of rotatable bonds is 5. The van der Waals surface area contributed by atoms with Crippen LogP contribution in [0.3, 0.4) is 0 Å². The van der Waals surface area contributed by atoms with Crippen LogP contribution in [-0.2, 0) is 12.8 Å². The minimum atomic E-state index is 0.332. The molecule has 2 aromatic heterocycles. The summed E-state index contributed by atoms with van der Waals surface area (Å²) in [7, 11) is 0. The van der Waals surface area contributed by atoms with Crippen molar-refractivity contribution in [1.82, 2.24) is 5.43 Å². The maximum absolute atomic E-state index is 5.56. The number of hydrogen-bond donors (Lipinski definition) is 2. The van der Waals surface area contributed by atoms with Gasteiger partial charge in [0, 0.05) is 10.9 Å². The van der Waals surface area contributed by atoms with Gasteiger partial charge in [-0.2, -0.15) is 11.3 Å². The number of hydrogen-bond acceptors (Lipinski definition) is 4. The Balaban J connectivity index is 1.93. The van der Waals surface area contributed by atoms with Gasteiger partial charge < -0.3 is 0 Å². The molecule has 0 spiro atoms. The van der Waals surface area contributed by atoms with Crippen molar-refractivity contribution >= 4 is 22.7 Å². The molecule has 0 bridgehead atoms. The van der Waals surface area contributed by atoms with E-state index >= 15 is 0 Å². The summed E-state index contributed by atoms with van der Waals surface area (Å²) in [5, 5.41) is 6.39. The zero-order valence-electron chi connectivity index (χ0n) is 8.35. The lowest BCUT2D eigenvalue weighted by atomic mass is 10.1. The van der Waals surface area contributed by atoms with Gasteiger partial charge in [-0.1, -0.05) is 6.07 Å². The highest BCUT2D eigenvalue weighted by molar-refractivity contribution is 7.09. The second-order valence-corrected chi connectivity index (χ2v) is 5.30. The molecule has 0 saturated heterocycles. The highest BCUT2D eigenvalue weighted by Gasteiger charge is 2.09. The fraction of sp³-hybridized carbons (Fsp3) is 0.273. The van der Waals surface area contributed by atoms with Gasteiger partial charge in [-0.3, -0.25) is 11.3 Å². The molecule has 0 aromatic carbocycles. The standard InChI is InChI=1S/C11H14N2S2/c12-13-10(6-9-3-5-14-8-9)7-11-2-1-4-15-11/h1-5,8,10,13H,6-7,12H2. The molecule has 0 saturated carbocycles. The second kappa shape index (κ2) is 5.42. The summed E-state index contributed by atoms with van der Waals surface area (Å²) in [6.45, 7) is 0. The highest BCUT2D eigenvalue weighted by Crippen LogP contribution is 2.14. The third-order valence-electron chi connectivity index (χ3n) is 2.33. The topological polar surface area (TPSA) is 38.0 Å².